The highest BCUT2D eigenvalue weighted by Crippen LogP contribution is 2.24. The van der Waals surface area contributed by atoms with Gasteiger partial charge in [0.05, 0.1) is 16.3 Å². The average Bonchev–Trinajstić information content (AvgIpc) is 2.39. The number of pyridine rings is 1. The molecule has 0 atom stereocenters. The van der Waals surface area contributed by atoms with Gasteiger partial charge in [0.25, 0.3) is 0 Å². The molecule has 0 aliphatic heterocycles. The molecule has 0 aliphatic carbocycles. The highest BCUT2D eigenvalue weighted by atomic mass is 35.5. The summed E-state index contributed by atoms with van der Waals surface area (Å²) in [5.74, 6) is -1.09. The molecule has 1 heterocycles. The van der Waals surface area contributed by atoms with Gasteiger partial charge in [-0.25, -0.2) is 9.78 Å². The number of aromatic carboxylic acids is 1. The maximum atomic E-state index is 10.8. The molecule has 0 aliphatic rings. The Morgan fingerprint density at radius 1 is 1.42 bits per heavy atom. The summed E-state index contributed by atoms with van der Waals surface area (Å²) < 4.78 is 0. The molecule has 0 unspecified atom stereocenters. The Hall–Kier alpha value is -2.58. The first-order valence-electron chi connectivity index (χ1n) is 5.27. The fraction of sp³-hybridized carbons (Fsp3) is 0. The molecular weight excluding hydrogens is 266 g/mol. The van der Waals surface area contributed by atoms with Crippen LogP contribution in [0.4, 0.5) is 11.4 Å². The van der Waals surface area contributed by atoms with Gasteiger partial charge in [0.2, 0.25) is 0 Å². The minimum absolute atomic E-state index is 0.0268. The lowest BCUT2D eigenvalue weighted by Gasteiger charge is -2.08. The van der Waals surface area contributed by atoms with E-state index in [1.165, 1.54) is 18.3 Å². The van der Waals surface area contributed by atoms with E-state index in [0.717, 1.165) is 0 Å². The number of carboxylic acids is 1. The molecule has 1 aromatic heterocycles. The minimum atomic E-state index is -1.09. The second-order valence-corrected chi connectivity index (χ2v) is 4.04. The molecule has 0 amide bonds. The maximum absolute atomic E-state index is 10.8. The van der Waals surface area contributed by atoms with Crippen LogP contribution in [0.1, 0.15) is 16.1 Å². The lowest BCUT2D eigenvalue weighted by atomic mass is 10.2. The molecule has 2 rings (SSSR count). The second-order valence-electron chi connectivity index (χ2n) is 3.64. The van der Waals surface area contributed by atoms with Gasteiger partial charge in [-0.3, -0.25) is 0 Å². The Balaban J connectivity index is 2.32. The number of benzene rings is 1. The molecule has 5 nitrogen and oxygen atoms in total. The third kappa shape index (κ3) is 2.81. The monoisotopic (exact) mass is 273 g/mol. The number of hydrogen-bond donors (Lipinski definition) is 2. The van der Waals surface area contributed by atoms with Crippen molar-refractivity contribution in [3.63, 3.8) is 0 Å². The summed E-state index contributed by atoms with van der Waals surface area (Å²) in [4.78, 5) is 14.7. The summed E-state index contributed by atoms with van der Waals surface area (Å²) in [6, 6.07) is 9.81. The zero-order chi connectivity index (χ0) is 13.8. The number of hydrogen-bond acceptors (Lipinski definition) is 4. The van der Waals surface area contributed by atoms with E-state index >= 15 is 0 Å². The average molecular weight is 274 g/mol. The van der Waals surface area contributed by atoms with Gasteiger partial charge < -0.3 is 10.4 Å². The largest absolute Gasteiger partial charge is 0.478 e. The van der Waals surface area contributed by atoms with Crippen LogP contribution in [0.3, 0.4) is 0 Å². The molecule has 0 saturated heterocycles. The molecule has 94 valence electrons. The first-order chi connectivity index (χ1) is 9.11. The fourth-order valence-corrected chi connectivity index (χ4v) is 1.78. The van der Waals surface area contributed by atoms with Crippen molar-refractivity contribution < 1.29 is 9.90 Å². The van der Waals surface area contributed by atoms with Crippen LogP contribution in [-0.2, 0) is 0 Å². The van der Waals surface area contributed by atoms with E-state index in [-0.39, 0.29) is 16.3 Å². The molecule has 1 aromatic carbocycles. The number of nitrogens with zero attached hydrogens (tertiary/aromatic N) is 2. The van der Waals surface area contributed by atoms with Crippen molar-refractivity contribution in [1.29, 1.82) is 5.26 Å². The Morgan fingerprint density at radius 2 is 2.21 bits per heavy atom. The van der Waals surface area contributed by atoms with Crippen LogP contribution in [0.25, 0.3) is 0 Å². The summed E-state index contributed by atoms with van der Waals surface area (Å²) in [6.07, 6.45) is 1.52. The van der Waals surface area contributed by atoms with E-state index in [9.17, 15) is 4.79 Å². The Bertz CT molecular complexity index is 680. The van der Waals surface area contributed by atoms with E-state index in [1.807, 2.05) is 6.07 Å². The number of aromatic nitrogens is 1. The highest BCUT2D eigenvalue weighted by Gasteiger charge is 2.09. The number of anilines is 2. The van der Waals surface area contributed by atoms with E-state index < -0.39 is 5.97 Å². The molecule has 2 N–H and O–H groups in total. The van der Waals surface area contributed by atoms with Crippen molar-refractivity contribution >= 4 is 28.9 Å². The summed E-state index contributed by atoms with van der Waals surface area (Å²) in [7, 11) is 0. The molecular formula is C13H8ClN3O2. The zero-order valence-corrected chi connectivity index (χ0v) is 10.3. The normalized spacial score (nSPS) is 9.68. The summed E-state index contributed by atoms with van der Waals surface area (Å²) in [5, 5.41) is 20.9. The van der Waals surface area contributed by atoms with Gasteiger partial charge in [-0.15, -0.1) is 0 Å². The first kappa shape index (κ1) is 12.9. The highest BCUT2D eigenvalue weighted by molar-refractivity contribution is 6.33. The maximum Gasteiger partial charge on any atom is 0.337 e. The van der Waals surface area contributed by atoms with Crippen LogP contribution in [0.2, 0.25) is 5.02 Å². The van der Waals surface area contributed by atoms with Crippen molar-refractivity contribution in [2.24, 2.45) is 0 Å². The SMILES string of the molecule is N#Cc1ncccc1Nc1ccc(C(=O)O)c(Cl)c1. The van der Waals surface area contributed by atoms with Gasteiger partial charge >= 0.3 is 5.97 Å². The number of nitrogens with one attached hydrogen (secondary N) is 1. The number of nitriles is 1. The molecule has 0 saturated carbocycles. The van der Waals surface area contributed by atoms with E-state index in [2.05, 4.69) is 10.3 Å². The van der Waals surface area contributed by atoms with Gasteiger partial charge in [-0.05, 0) is 30.3 Å². The van der Waals surface area contributed by atoms with Crippen LogP contribution < -0.4 is 5.32 Å². The van der Waals surface area contributed by atoms with Crippen LogP contribution >= 0.6 is 11.6 Å². The molecule has 0 radical (unpaired) electrons. The number of rotatable bonds is 3. The van der Waals surface area contributed by atoms with E-state index in [1.54, 1.807) is 18.2 Å². The van der Waals surface area contributed by atoms with Gasteiger partial charge in [0, 0.05) is 11.9 Å². The summed E-state index contributed by atoms with van der Waals surface area (Å²) in [5.41, 5.74) is 1.39. The molecule has 2 aromatic rings. The Kier molecular flexibility index (Phi) is 3.64. The van der Waals surface area contributed by atoms with Gasteiger partial charge in [0.1, 0.15) is 6.07 Å². The lowest BCUT2D eigenvalue weighted by molar-refractivity contribution is 0.0697. The molecule has 6 heteroatoms. The summed E-state index contributed by atoms with van der Waals surface area (Å²) in [6.45, 7) is 0. The molecule has 0 spiro atoms. The van der Waals surface area contributed by atoms with Crippen LogP contribution in [0, 0.1) is 11.3 Å². The molecule has 0 fully saturated rings. The number of halogens is 1. The van der Waals surface area contributed by atoms with Crippen LogP contribution in [0.15, 0.2) is 36.5 Å². The predicted molar refractivity (Wildman–Crippen MR) is 70.6 cm³/mol. The van der Waals surface area contributed by atoms with E-state index in [4.69, 9.17) is 22.0 Å². The zero-order valence-electron chi connectivity index (χ0n) is 9.59. The van der Waals surface area contributed by atoms with Gasteiger partial charge in [-0.1, -0.05) is 11.6 Å². The fourth-order valence-electron chi connectivity index (χ4n) is 1.52. The third-order valence-corrected chi connectivity index (χ3v) is 2.70. The van der Waals surface area contributed by atoms with Crippen LogP contribution in [-0.4, -0.2) is 16.1 Å². The van der Waals surface area contributed by atoms with Crippen molar-refractivity contribution in [2.45, 2.75) is 0 Å². The summed E-state index contributed by atoms with van der Waals surface area (Å²) >= 11 is 5.86. The second kappa shape index (κ2) is 5.38. The predicted octanol–water partition coefficient (Wildman–Crippen LogP) is 3.05. The van der Waals surface area contributed by atoms with Crippen molar-refractivity contribution in [1.82, 2.24) is 4.98 Å². The Labute approximate surface area is 114 Å². The number of carbonyl (C=O) groups is 1. The standard InChI is InChI=1S/C13H8ClN3O2/c14-10-6-8(3-4-9(10)13(18)19)17-11-2-1-5-16-12(11)7-15/h1-6,17H,(H,18,19). The van der Waals surface area contributed by atoms with E-state index in [0.29, 0.717) is 11.4 Å². The number of carboxylic acid groups (broad SMARTS) is 1. The molecule has 0 bridgehead atoms. The quantitative estimate of drug-likeness (QED) is 0.897. The minimum Gasteiger partial charge on any atom is -0.478 e. The smallest absolute Gasteiger partial charge is 0.337 e. The van der Waals surface area contributed by atoms with Crippen molar-refractivity contribution in [2.75, 3.05) is 5.32 Å². The van der Waals surface area contributed by atoms with Gasteiger partial charge in [0.15, 0.2) is 5.69 Å². The third-order valence-electron chi connectivity index (χ3n) is 2.39. The topological polar surface area (TPSA) is 86.0 Å². The van der Waals surface area contributed by atoms with Gasteiger partial charge in [-0.2, -0.15) is 5.26 Å². The first-order valence-corrected chi connectivity index (χ1v) is 5.64. The van der Waals surface area contributed by atoms with Crippen molar-refractivity contribution in [3.8, 4) is 6.07 Å². The lowest BCUT2D eigenvalue weighted by Crippen LogP contribution is -1.99. The van der Waals surface area contributed by atoms with Crippen LogP contribution in [0.5, 0.6) is 0 Å². The van der Waals surface area contributed by atoms with Crippen molar-refractivity contribution in [3.05, 3.63) is 52.8 Å². The molecule has 19 heavy (non-hydrogen) atoms. The Morgan fingerprint density at radius 3 is 2.84 bits per heavy atom.